The minimum absolute atomic E-state index is 0.0492. The van der Waals surface area contributed by atoms with Gasteiger partial charge in [0.2, 0.25) is 5.76 Å². The summed E-state index contributed by atoms with van der Waals surface area (Å²) >= 11 is 6.32. The van der Waals surface area contributed by atoms with Crippen LogP contribution in [0.15, 0.2) is 39.5 Å². The molecule has 3 aromatic rings. The lowest BCUT2D eigenvalue weighted by molar-refractivity contribution is 0.0663. The largest absolute Gasteiger partial charge is 0.490 e. The van der Waals surface area contributed by atoms with Crippen LogP contribution in [-0.4, -0.2) is 44.3 Å². The molecule has 0 aliphatic carbocycles. The van der Waals surface area contributed by atoms with Gasteiger partial charge in [0.25, 0.3) is 5.91 Å². The minimum Gasteiger partial charge on any atom is -0.490 e. The van der Waals surface area contributed by atoms with E-state index < -0.39 is 6.04 Å². The van der Waals surface area contributed by atoms with Crippen LogP contribution in [0.3, 0.4) is 0 Å². The van der Waals surface area contributed by atoms with Gasteiger partial charge in [-0.25, -0.2) is 0 Å². The Morgan fingerprint density at radius 2 is 1.83 bits per heavy atom. The normalized spacial score (nSPS) is 15.0. The van der Waals surface area contributed by atoms with Crippen LogP contribution in [0.2, 0.25) is 5.02 Å². The van der Waals surface area contributed by atoms with Gasteiger partial charge in [0.15, 0.2) is 16.9 Å². The molecule has 1 aliphatic heterocycles. The summed E-state index contributed by atoms with van der Waals surface area (Å²) in [5, 5.41) is 0.812. The number of halogens is 1. The van der Waals surface area contributed by atoms with Crippen molar-refractivity contribution in [3.63, 3.8) is 0 Å². The molecular weight excluding hydrogens is 482 g/mol. The number of benzene rings is 2. The van der Waals surface area contributed by atoms with Gasteiger partial charge in [-0.3, -0.25) is 9.59 Å². The van der Waals surface area contributed by atoms with Crippen molar-refractivity contribution in [2.24, 2.45) is 0 Å². The van der Waals surface area contributed by atoms with Crippen molar-refractivity contribution in [1.29, 1.82) is 0 Å². The smallest absolute Gasteiger partial charge is 0.290 e. The second kappa shape index (κ2) is 11.4. The molecule has 1 amide bonds. The first kappa shape index (κ1) is 26.0. The number of hydrogen-bond donors (Lipinski definition) is 0. The highest BCUT2D eigenvalue weighted by Gasteiger charge is 2.42. The van der Waals surface area contributed by atoms with Crippen molar-refractivity contribution < 1.29 is 23.4 Å². The zero-order chi connectivity index (χ0) is 25.8. The van der Waals surface area contributed by atoms with Gasteiger partial charge >= 0.3 is 0 Å². The number of unbranched alkanes of at least 4 members (excludes halogenated alkanes) is 2. The first-order valence-electron chi connectivity index (χ1n) is 12.4. The summed E-state index contributed by atoms with van der Waals surface area (Å²) in [4.78, 5) is 28.8. The van der Waals surface area contributed by atoms with Crippen LogP contribution in [0.25, 0.3) is 11.0 Å². The number of rotatable bonds is 11. The third-order valence-electron chi connectivity index (χ3n) is 6.37. The summed E-state index contributed by atoms with van der Waals surface area (Å²) in [6.45, 7) is 7.52. The van der Waals surface area contributed by atoms with E-state index in [1.165, 1.54) is 0 Å². The van der Waals surface area contributed by atoms with E-state index in [9.17, 15) is 9.59 Å². The third kappa shape index (κ3) is 4.95. The first-order valence-corrected chi connectivity index (χ1v) is 12.7. The quantitative estimate of drug-likeness (QED) is 0.296. The fourth-order valence-corrected chi connectivity index (χ4v) is 4.69. The molecule has 192 valence electrons. The Balaban J connectivity index is 1.83. The average molecular weight is 514 g/mol. The molecule has 1 unspecified atom stereocenters. The molecule has 36 heavy (non-hydrogen) atoms. The fourth-order valence-electron chi connectivity index (χ4n) is 4.52. The number of methoxy groups -OCH3 is 1. The molecule has 7 nitrogen and oxygen atoms in total. The van der Waals surface area contributed by atoms with E-state index in [0.717, 1.165) is 30.4 Å². The highest BCUT2D eigenvalue weighted by molar-refractivity contribution is 6.32. The maximum absolute atomic E-state index is 13.7. The summed E-state index contributed by atoms with van der Waals surface area (Å²) in [5.41, 5.74) is 1.85. The third-order valence-corrected chi connectivity index (χ3v) is 6.78. The molecule has 1 aromatic heterocycles. The number of ether oxygens (including phenoxy) is 3. The molecule has 0 spiro atoms. The predicted octanol–water partition coefficient (Wildman–Crippen LogP) is 5.91. The van der Waals surface area contributed by atoms with Gasteiger partial charge in [0.1, 0.15) is 5.58 Å². The van der Waals surface area contributed by atoms with Crippen molar-refractivity contribution in [3.05, 3.63) is 68.0 Å². The van der Waals surface area contributed by atoms with E-state index in [0.29, 0.717) is 59.4 Å². The molecule has 2 aromatic carbocycles. The number of carbonyl (C=O) groups is 1. The van der Waals surface area contributed by atoms with E-state index in [1.54, 1.807) is 24.1 Å². The molecular formula is C28H32ClNO6. The number of nitrogens with zero attached hydrogens (tertiary/aromatic N) is 1. The monoisotopic (exact) mass is 513 g/mol. The Morgan fingerprint density at radius 1 is 1.03 bits per heavy atom. The zero-order valence-corrected chi connectivity index (χ0v) is 21.9. The molecule has 8 heteroatoms. The Kier molecular flexibility index (Phi) is 8.21. The second-order valence-electron chi connectivity index (χ2n) is 8.86. The van der Waals surface area contributed by atoms with Crippen molar-refractivity contribution in [3.8, 4) is 11.5 Å². The average Bonchev–Trinajstić information content (AvgIpc) is 3.14. The summed E-state index contributed by atoms with van der Waals surface area (Å²) < 4.78 is 23.1. The molecule has 0 saturated heterocycles. The lowest BCUT2D eigenvalue weighted by Gasteiger charge is -2.25. The highest BCUT2D eigenvalue weighted by atomic mass is 35.5. The van der Waals surface area contributed by atoms with Gasteiger partial charge in [-0.05, 0) is 55.7 Å². The van der Waals surface area contributed by atoms with Crippen LogP contribution in [0.5, 0.6) is 11.5 Å². The van der Waals surface area contributed by atoms with E-state index in [4.69, 9.17) is 30.2 Å². The summed E-state index contributed by atoms with van der Waals surface area (Å²) in [7, 11) is 1.57. The summed E-state index contributed by atoms with van der Waals surface area (Å²) in [6.07, 6.45) is 3.15. The lowest BCUT2D eigenvalue weighted by Crippen LogP contribution is -2.32. The Bertz CT molecular complexity index is 1320. The summed E-state index contributed by atoms with van der Waals surface area (Å²) in [5.74, 6) is 0.908. The molecule has 1 aliphatic rings. The van der Waals surface area contributed by atoms with Crippen LogP contribution in [0.4, 0.5) is 0 Å². The number of carbonyl (C=O) groups excluding carboxylic acids is 1. The first-order chi connectivity index (χ1) is 17.4. The van der Waals surface area contributed by atoms with Crippen LogP contribution in [0, 0.1) is 6.92 Å². The minimum atomic E-state index is -0.656. The van der Waals surface area contributed by atoms with Gasteiger partial charge in [0.05, 0.1) is 36.8 Å². The van der Waals surface area contributed by atoms with E-state index in [2.05, 4.69) is 6.92 Å². The summed E-state index contributed by atoms with van der Waals surface area (Å²) in [6, 6.07) is 8.20. The molecule has 0 radical (unpaired) electrons. The molecule has 1 atom stereocenters. The Hall–Kier alpha value is -3.03. The van der Waals surface area contributed by atoms with Crippen molar-refractivity contribution in [2.45, 2.75) is 46.1 Å². The van der Waals surface area contributed by atoms with Crippen molar-refractivity contribution >= 4 is 28.5 Å². The topological polar surface area (TPSA) is 78.2 Å². The Labute approximate surface area is 215 Å². The highest BCUT2D eigenvalue weighted by Crippen LogP contribution is 2.41. The molecule has 0 bridgehead atoms. The molecule has 0 N–H and O–H groups in total. The van der Waals surface area contributed by atoms with E-state index in [1.807, 2.05) is 32.0 Å². The van der Waals surface area contributed by atoms with Gasteiger partial charge in [-0.15, -0.1) is 0 Å². The second-order valence-corrected chi connectivity index (χ2v) is 9.27. The number of amides is 1. The van der Waals surface area contributed by atoms with E-state index in [-0.39, 0.29) is 17.1 Å². The van der Waals surface area contributed by atoms with Crippen LogP contribution < -0.4 is 14.9 Å². The number of fused-ring (bicyclic) bond motifs is 2. The SMILES string of the molecule is CCCCCOc1ccc(C2c3c(oc4cc(C)c(Cl)cc4c3=O)C(=O)N2CCOC)cc1OCC. The number of hydrogen-bond acceptors (Lipinski definition) is 6. The van der Waals surface area contributed by atoms with Crippen LogP contribution in [-0.2, 0) is 4.74 Å². The Morgan fingerprint density at radius 3 is 2.56 bits per heavy atom. The van der Waals surface area contributed by atoms with Gasteiger partial charge < -0.3 is 23.5 Å². The van der Waals surface area contributed by atoms with Gasteiger partial charge in [0, 0.05) is 18.7 Å². The van der Waals surface area contributed by atoms with Crippen molar-refractivity contribution in [1.82, 2.24) is 4.90 Å². The van der Waals surface area contributed by atoms with Crippen molar-refractivity contribution in [2.75, 3.05) is 33.5 Å². The fraction of sp³-hybridized carbons (Fsp3) is 0.429. The number of aryl methyl sites for hydroxylation is 1. The van der Waals surface area contributed by atoms with Crippen LogP contribution in [0.1, 0.15) is 66.4 Å². The predicted molar refractivity (Wildman–Crippen MR) is 140 cm³/mol. The standard InChI is InChI=1S/C28H32ClNO6/c1-5-7-8-12-35-21-10-9-18(15-23(21)34-6-2)25-24-26(31)19-16-20(29)17(3)14-22(19)36-27(24)28(32)30(25)11-13-33-4/h9-10,14-16,25H,5-8,11-13H2,1-4H3. The lowest BCUT2D eigenvalue weighted by atomic mass is 9.97. The van der Waals surface area contributed by atoms with Crippen LogP contribution >= 0.6 is 11.6 Å². The molecule has 2 heterocycles. The maximum atomic E-state index is 13.7. The maximum Gasteiger partial charge on any atom is 0.290 e. The molecule has 0 fully saturated rings. The van der Waals surface area contributed by atoms with Gasteiger partial charge in [-0.2, -0.15) is 0 Å². The molecule has 4 rings (SSSR count). The molecule has 0 saturated carbocycles. The van der Waals surface area contributed by atoms with Gasteiger partial charge in [-0.1, -0.05) is 37.4 Å². The van der Waals surface area contributed by atoms with E-state index >= 15 is 0 Å². The zero-order valence-electron chi connectivity index (χ0n) is 21.2.